The number of benzene rings is 1. The molecule has 28 heavy (non-hydrogen) atoms. The van der Waals surface area contributed by atoms with Crippen molar-refractivity contribution in [2.24, 2.45) is 0 Å². The Hall–Kier alpha value is -2.78. The van der Waals surface area contributed by atoms with E-state index in [0.29, 0.717) is 18.2 Å². The van der Waals surface area contributed by atoms with E-state index in [4.69, 9.17) is 5.26 Å². The molecule has 1 fully saturated rings. The van der Waals surface area contributed by atoms with E-state index in [9.17, 15) is 4.79 Å². The van der Waals surface area contributed by atoms with Crippen LogP contribution in [0.2, 0.25) is 0 Å². The van der Waals surface area contributed by atoms with Gasteiger partial charge in [0.05, 0.1) is 11.6 Å². The summed E-state index contributed by atoms with van der Waals surface area (Å²) in [7, 11) is 0. The number of hydrogen-bond acceptors (Lipinski definition) is 5. The molecule has 146 valence electrons. The molecule has 1 saturated heterocycles. The van der Waals surface area contributed by atoms with Crippen molar-refractivity contribution in [2.45, 2.75) is 51.7 Å². The molecule has 0 N–H and O–H groups in total. The molecule has 1 aliphatic rings. The second kappa shape index (κ2) is 9.43. The van der Waals surface area contributed by atoms with Crippen LogP contribution in [0.3, 0.4) is 0 Å². The lowest BCUT2D eigenvalue weighted by Crippen LogP contribution is -2.39. The van der Waals surface area contributed by atoms with Gasteiger partial charge in [0.2, 0.25) is 5.91 Å². The minimum atomic E-state index is 0.0995. The van der Waals surface area contributed by atoms with Crippen LogP contribution in [0.1, 0.15) is 55.8 Å². The van der Waals surface area contributed by atoms with Gasteiger partial charge in [0.25, 0.3) is 0 Å². The quantitative estimate of drug-likeness (QED) is 0.799. The summed E-state index contributed by atoms with van der Waals surface area (Å²) in [6, 6.07) is 10.5. The van der Waals surface area contributed by atoms with Crippen LogP contribution in [0.25, 0.3) is 0 Å². The molecule has 0 bridgehead atoms. The van der Waals surface area contributed by atoms with Gasteiger partial charge in [-0.2, -0.15) is 5.26 Å². The number of carbonyl (C=O) groups excluding carboxylic acids is 1. The van der Waals surface area contributed by atoms with Crippen LogP contribution in [0.4, 0.5) is 0 Å². The Balaban J connectivity index is 1.65. The lowest BCUT2D eigenvalue weighted by atomic mass is 10.0. The first-order chi connectivity index (χ1) is 13.6. The Kier molecular flexibility index (Phi) is 6.72. The number of hydrogen-bond donors (Lipinski definition) is 0. The number of aromatic nitrogens is 2. The highest BCUT2D eigenvalue weighted by molar-refractivity contribution is 5.73. The first-order valence-electron chi connectivity index (χ1n) is 9.83. The highest BCUT2D eigenvalue weighted by Crippen LogP contribution is 2.26. The van der Waals surface area contributed by atoms with Crippen LogP contribution in [0.15, 0.2) is 43.0 Å². The average Bonchev–Trinajstić information content (AvgIpc) is 2.98. The molecule has 1 aliphatic heterocycles. The minimum Gasteiger partial charge on any atom is -0.335 e. The molecule has 1 aromatic heterocycles. The lowest BCUT2D eigenvalue weighted by Gasteiger charge is -2.31. The number of likely N-dealkylation sites (tertiary alicyclic amines) is 1. The second-order valence-corrected chi connectivity index (χ2v) is 7.42. The molecule has 2 atom stereocenters. The molecular weight excluding hydrogens is 350 g/mol. The Labute approximate surface area is 166 Å². The Morgan fingerprint density at radius 1 is 1.25 bits per heavy atom. The van der Waals surface area contributed by atoms with Crippen molar-refractivity contribution < 1.29 is 4.79 Å². The maximum Gasteiger partial charge on any atom is 0.219 e. The molecule has 6 nitrogen and oxygen atoms in total. The summed E-state index contributed by atoms with van der Waals surface area (Å²) in [5.41, 5.74) is 2.88. The van der Waals surface area contributed by atoms with Crippen LogP contribution in [-0.2, 0) is 11.3 Å². The monoisotopic (exact) mass is 377 g/mol. The van der Waals surface area contributed by atoms with Crippen LogP contribution in [-0.4, -0.2) is 44.8 Å². The summed E-state index contributed by atoms with van der Waals surface area (Å²) in [5, 5.41) is 8.98. The van der Waals surface area contributed by atoms with Gasteiger partial charge in [0, 0.05) is 50.1 Å². The summed E-state index contributed by atoms with van der Waals surface area (Å²) < 4.78 is 0. The Bertz CT molecular complexity index is 815. The van der Waals surface area contributed by atoms with Crippen LogP contribution in [0, 0.1) is 11.3 Å². The van der Waals surface area contributed by atoms with Gasteiger partial charge in [-0.25, -0.2) is 9.97 Å². The van der Waals surface area contributed by atoms with Gasteiger partial charge in [-0.1, -0.05) is 12.1 Å². The van der Waals surface area contributed by atoms with E-state index in [1.54, 1.807) is 19.3 Å². The molecule has 2 heterocycles. The largest absolute Gasteiger partial charge is 0.335 e. The zero-order valence-electron chi connectivity index (χ0n) is 16.6. The number of nitrogens with zero attached hydrogens (tertiary/aromatic N) is 5. The maximum absolute atomic E-state index is 12.3. The number of carbonyl (C=O) groups is 1. The predicted octanol–water partition coefficient (Wildman–Crippen LogP) is 3.31. The fourth-order valence-corrected chi connectivity index (χ4v) is 3.95. The molecule has 0 aliphatic carbocycles. The third-order valence-corrected chi connectivity index (χ3v) is 5.61. The summed E-state index contributed by atoms with van der Waals surface area (Å²) in [4.78, 5) is 24.9. The smallest absolute Gasteiger partial charge is 0.219 e. The molecule has 2 aromatic rings. The van der Waals surface area contributed by atoms with Crippen LogP contribution >= 0.6 is 0 Å². The van der Waals surface area contributed by atoms with E-state index in [1.165, 1.54) is 11.9 Å². The third-order valence-electron chi connectivity index (χ3n) is 5.61. The fraction of sp³-hybridized carbons (Fsp3) is 0.455. The van der Waals surface area contributed by atoms with Crippen molar-refractivity contribution in [3.8, 4) is 6.07 Å². The minimum absolute atomic E-state index is 0.0995. The Morgan fingerprint density at radius 2 is 1.96 bits per heavy atom. The Morgan fingerprint density at radius 3 is 2.61 bits per heavy atom. The van der Waals surface area contributed by atoms with Gasteiger partial charge in [-0.3, -0.25) is 9.69 Å². The van der Waals surface area contributed by atoms with Crippen molar-refractivity contribution in [3.63, 3.8) is 0 Å². The normalized spacial score (nSPS) is 18.7. The zero-order chi connectivity index (χ0) is 19.9. The standard InChI is InChI=1S/C22H27N5O/c1-17(21-7-5-19(12-23)6-8-21)26-10-3-4-22(9-11-26)27(18(2)28)15-20-13-24-16-25-14-20/h5-8,13-14,16-17,22H,3-4,9-11,15H2,1-2H3/t17-,22+/m0/s1. The summed E-state index contributed by atoms with van der Waals surface area (Å²) in [6.45, 7) is 6.38. The summed E-state index contributed by atoms with van der Waals surface area (Å²) in [5.74, 6) is 0.0995. The highest BCUT2D eigenvalue weighted by Gasteiger charge is 2.26. The first-order valence-corrected chi connectivity index (χ1v) is 9.83. The molecule has 1 amide bonds. The molecule has 0 spiro atoms. The first kappa shape index (κ1) is 20.0. The third kappa shape index (κ3) is 4.93. The van der Waals surface area contributed by atoms with E-state index in [0.717, 1.165) is 37.9 Å². The second-order valence-electron chi connectivity index (χ2n) is 7.42. The van der Waals surface area contributed by atoms with Gasteiger partial charge >= 0.3 is 0 Å². The van der Waals surface area contributed by atoms with E-state index in [-0.39, 0.29) is 11.9 Å². The molecule has 1 aromatic carbocycles. The van der Waals surface area contributed by atoms with Crippen LogP contribution in [0.5, 0.6) is 0 Å². The van der Waals surface area contributed by atoms with E-state index in [2.05, 4.69) is 27.9 Å². The molecule has 6 heteroatoms. The SMILES string of the molecule is CC(=O)N(Cc1cncnc1)[C@@H]1CCCN([C@@H](C)c2ccc(C#N)cc2)CC1. The summed E-state index contributed by atoms with van der Waals surface area (Å²) in [6.07, 6.45) is 8.08. The van der Waals surface area contributed by atoms with E-state index >= 15 is 0 Å². The van der Waals surface area contributed by atoms with Gasteiger partial charge in [0.15, 0.2) is 0 Å². The number of amides is 1. The zero-order valence-corrected chi connectivity index (χ0v) is 16.6. The molecule has 0 unspecified atom stereocenters. The molecular formula is C22H27N5O. The highest BCUT2D eigenvalue weighted by atomic mass is 16.2. The molecule has 0 radical (unpaired) electrons. The van der Waals surface area contributed by atoms with E-state index in [1.807, 2.05) is 29.2 Å². The van der Waals surface area contributed by atoms with Crippen molar-refractivity contribution >= 4 is 5.91 Å². The van der Waals surface area contributed by atoms with Gasteiger partial charge in [-0.15, -0.1) is 0 Å². The van der Waals surface area contributed by atoms with E-state index < -0.39 is 0 Å². The average molecular weight is 377 g/mol. The summed E-state index contributed by atoms with van der Waals surface area (Å²) >= 11 is 0. The van der Waals surface area contributed by atoms with Gasteiger partial charge in [-0.05, 0) is 50.4 Å². The van der Waals surface area contributed by atoms with Crippen molar-refractivity contribution in [1.82, 2.24) is 19.8 Å². The number of rotatable bonds is 5. The van der Waals surface area contributed by atoms with Gasteiger partial charge in [0.1, 0.15) is 6.33 Å². The van der Waals surface area contributed by atoms with Crippen molar-refractivity contribution in [1.29, 1.82) is 5.26 Å². The predicted molar refractivity (Wildman–Crippen MR) is 107 cm³/mol. The topological polar surface area (TPSA) is 73.1 Å². The fourth-order valence-electron chi connectivity index (χ4n) is 3.95. The van der Waals surface area contributed by atoms with Crippen molar-refractivity contribution in [2.75, 3.05) is 13.1 Å². The number of nitriles is 1. The molecule has 3 rings (SSSR count). The lowest BCUT2D eigenvalue weighted by molar-refractivity contribution is -0.132. The van der Waals surface area contributed by atoms with Crippen LogP contribution < -0.4 is 0 Å². The maximum atomic E-state index is 12.3. The molecule has 0 saturated carbocycles. The van der Waals surface area contributed by atoms with Gasteiger partial charge < -0.3 is 4.90 Å². The van der Waals surface area contributed by atoms with Crippen molar-refractivity contribution in [3.05, 3.63) is 59.7 Å².